The lowest BCUT2D eigenvalue weighted by atomic mass is 9.63. The van der Waals surface area contributed by atoms with E-state index in [4.69, 9.17) is 4.74 Å². The zero-order valence-corrected chi connectivity index (χ0v) is 12.8. The van der Waals surface area contributed by atoms with Gasteiger partial charge in [0.2, 0.25) is 5.91 Å². The van der Waals surface area contributed by atoms with Crippen LogP contribution in [0.1, 0.15) is 38.2 Å². The highest BCUT2D eigenvalue weighted by Gasteiger charge is 2.46. The average Bonchev–Trinajstić information content (AvgIpc) is 2.45. The monoisotopic (exact) mass is 289 g/mol. The molecule has 0 N–H and O–H groups in total. The molecular weight excluding hydrogens is 266 g/mol. The van der Waals surface area contributed by atoms with Crippen LogP contribution in [0.15, 0.2) is 30.3 Å². The van der Waals surface area contributed by atoms with E-state index in [2.05, 4.69) is 0 Å². The van der Waals surface area contributed by atoms with Crippen LogP contribution in [0.4, 0.5) is 0 Å². The Hall–Kier alpha value is -1.84. The maximum atomic E-state index is 12.8. The van der Waals surface area contributed by atoms with Crippen LogP contribution in [0.2, 0.25) is 0 Å². The zero-order valence-electron chi connectivity index (χ0n) is 12.8. The molecule has 0 aromatic heterocycles. The first kappa shape index (κ1) is 15.5. The van der Waals surface area contributed by atoms with Crippen molar-refractivity contribution in [1.82, 2.24) is 4.90 Å². The van der Waals surface area contributed by atoms with Gasteiger partial charge in [-0.25, -0.2) is 0 Å². The number of esters is 1. The average molecular weight is 289 g/mol. The zero-order chi connectivity index (χ0) is 15.3. The predicted molar refractivity (Wildman–Crippen MR) is 80.9 cm³/mol. The van der Waals surface area contributed by atoms with Gasteiger partial charge in [0.25, 0.3) is 0 Å². The fourth-order valence-electron chi connectivity index (χ4n) is 2.87. The van der Waals surface area contributed by atoms with Gasteiger partial charge < -0.3 is 9.64 Å². The molecule has 2 rings (SSSR count). The standard InChI is InChI=1S/C17H23NO3/c1-3-21-15(19)10-13-18(2)16(20)17(11-7-12-17)14-8-5-4-6-9-14/h4-6,8-9H,3,7,10-13H2,1-2H3. The van der Waals surface area contributed by atoms with E-state index in [9.17, 15) is 9.59 Å². The van der Waals surface area contributed by atoms with Crippen LogP contribution in [0, 0.1) is 0 Å². The van der Waals surface area contributed by atoms with Crippen LogP contribution in [0.25, 0.3) is 0 Å². The molecule has 0 atom stereocenters. The molecule has 4 heteroatoms. The molecule has 0 bridgehead atoms. The van der Waals surface area contributed by atoms with E-state index in [-0.39, 0.29) is 23.7 Å². The number of rotatable bonds is 6. The maximum absolute atomic E-state index is 12.8. The van der Waals surface area contributed by atoms with E-state index in [1.807, 2.05) is 30.3 Å². The molecule has 21 heavy (non-hydrogen) atoms. The molecule has 0 saturated heterocycles. The Morgan fingerprint density at radius 2 is 1.90 bits per heavy atom. The number of carbonyl (C=O) groups excluding carboxylic acids is 2. The highest BCUT2D eigenvalue weighted by Crippen LogP contribution is 2.44. The lowest BCUT2D eigenvalue weighted by molar-refractivity contribution is -0.145. The molecule has 1 aliphatic carbocycles. The molecule has 1 aliphatic rings. The molecule has 0 spiro atoms. The van der Waals surface area contributed by atoms with E-state index >= 15 is 0 Å². The summed E-state index contributed by atoms with van der Waals surface area (Å²) in [7, 11) is 1.77. The highest BCUT2D eigenvalue weighted by molar-refractivity contribution is 5.89. The van der Waals surface area contributed by atoms with Gasteiger partial charge in [-0.1, -0.05) is 36.8 Å². The summed E-state index contributed by atoms with van der Waals surface area (Å²) < 4.78 is 4.91. The Bertz CT molecular complexity index is 494. The van der Waals surface area contributed by atoms with Crippen molar-refractivity contribution < 1.29 is 14.3 Å². The largest absolute Gasteiger partial charge is 0.466 e. The molecule has 0 aliphatic heterocycles. The van der Waals surface area contributed by atoms with Gasteiger partial charge in [-0.3, -0.25) is 9.59 Å². The van der Waals surface area contributed by atoms with Crippen LogP contribution >= 0.6 is 0 Å². The van der Waals surface area contributed by atoms with Gasteiger partial charge in [0.15, 0.2) is 0 Å². The van der Waals surface area contributed by atoms with E-state index in [1.165, 1.54) is 0 Å². The fourth-order valence-corrected chi connectivity index (χ4v) is 2.87. The minimum Gasteiger partial charge on any atom is -0.466 e. The summed E-state index contributed by atoms with van der Waals surface area (Å²) in [4.78, 5) is 25.9. The molecule has 4 nitrogen and oxygen atoms in total. The van der Waals surface area contributed by atoms with E-state index in [0.29, 0.717) is 13.2 Å². The topological polar surface area (TPSA) is 46.6 Å². The van der Waals surface area contributed by atoms with Crippen LogP contribution in [-0.4, -0.2) is 37.0 Å². The number of hydrogen-bond acceptors (Lipinski definition) is 3. The first-order valence-corrected chi connectivity index (χ1v) is 7.57. The number of nitrogens with zero attached hydrogens (tertiary/aromatic N) is 1. The predicted octanol–water partition coefficient (Wildman–Crippen LogP) is 2.52. The van der Waals surface area contributed by atoms with Gasteiger partial charge in [0.05, 0.1) is 18.4 Å². The van der Waals surface area contributed by atoms with Crippen LogP contribution in [-0.2, 0) is 19.7 Å². The summed E-state index contributed by atoms with van der Waals surface area (Å²) in [5.74, 6) is -0.135. The number of amides is 1. The Balaban J connectivity index is 2.02. The summed E-state index contributed by atoms with van der Waals surface area (Å²) in [6, 6.07) is 9.96. The van der Waals surface area contributed by atoms with Crippen molar-refractivity contribution in [3.05, 3.63) is 35.9 Å². The van der Waals surface area contributed by atoms with Crippen LogP contribution < -0.4 is 0 Å². The second kappa shape index (κ2) is 6.74. The lowest BCUT2D eigenvalue weighted by Crippen LogP contribution is -2.50. The number of hydrogen-bond donors (Lipinski definition) is 0. The second-order valence-electron chi connectivity index (χ2n) is 5.58. The van der Waals surface area contributed by atoms with E-state index < -0.39 is 0 Å². The van der Waals surface area contributed by atoms with Crippen molar-refractivity contribution in [1.29, 1.82) is 0 Å². The molecule has 1 aromatic carbocycles. The Morgan fingerprint density at radius 3 is 2.43 bits per heavy atom. The third-order valence-electron chi connectivity index (χ3n) is 4.25. The summed E-state index contributed by atoms with van der Waals surface area (Å²) >= 11 is 0. The normalized spacial score (nSPS) is 15.9. The molecular formula is C17H23NO3. The van der Waals surface area contributed by atoms with Crippen molar-refractivity contribution >= 4 is 11.9 Å². The van der Waals surface area contributed by atoms with Crippen molar-refractivity contribution in [2.24, 2.45) is 0 Å². The second-order valence-corrected chi connectivity index (χ2v) is 5.58. The fraction of sp³-hybridized carbons (Fsp3) is 0.529. The maximum Gasteiger partial charge on any atom is 0.307 e. The van der Waals surface area contributed by atoms with Gasteiger partial charge in [-0.05, 0) is 25.3 Å². The van der Waals surface area contributed by atoms with Gasteiger partial charge in [-0.2, -0.15) is 0 Å². The van der Waals surface area contributed by atoms with Crippen molar-refractivity contribution in [2.75, 3.05) is 20.2 Å². The summed E-state index contributed by atoms with van der Waals surface area (Å²) in [5.41, 5.74) is 0.703. The molecule has 114 valence electrons. The Kier molecular flexibility index (Phi) is 4.99. The summed E-state index contributed by atoms with van der Waals surface area (Å²) in [5, 5.41) is 0. The lowest BCUT2D eigenvalue weighted by Gasteiger charge is -2.43. The SMILES string of the molecule is CCOC(=O)CCN(C)C(=O)C1(c2ccccc2)CCC1. The Morgan fingerprint density at radius 1 is 1.24 bits per heavy atom. The number of ether oxygens (including phenoxy) is 1. The number of benzene rings is 1. The summed E-state index contributed by atoms with van der Waals surface area (Å²) in [6.07, 6.45) is 3.10. The van der Waals surface area contributed by atoms with Crippen LogP contribution in [0.5, 0.6) is 0 Å². The van der Waals surface area contributed by atoms with Crippen molar-refractivity contribution in [2.45, 2.75) is 38.0 Å². The molecule has 1 fully saturated rings. The third-order valence-corrected chi connectivity index (χ3v) is 4.25. The summed E-state index contributed by atoms with van der Waals surface area (Å²) in [6.45, 7) is 2.57. The highest BCUT2D eigenvalue weighted by atomic mass is 16.5. The van der Waals surface area contributed by atoms with Gasteiger partial charge in [0.1, 0.15) is 0 Å². The molecule has 1 aromatic rings. The number of carbonyl (C=O) groups is 2. The van der Waals surface area contributed by atoms with Crippen molar-refractivity contribution in [3.63, 3.8) is 0 Å². The first-order valence-electron chi connectivity index (χ1n) is 7.57. The molecule has 1 amide bonds. The van der Waals surface area contributed by atoms with Gasteiger partial charge >= 0.3 is 5.97 Å². The van der Waals surface area contributed by atoms with Gasteiger partial charge in [0, 0.05) is 13.6 Å². The minimum atomic E-state index is -0.384. The Labute approximate surface area is 126 Å². The molecule has 0 heterocycles. The molecule has 0 radical (unpaired) electrons. The molecule has 0 unspecified atom stereocenters. The number of likely N-dealkylation sites (N-methyl/N-ethyl adjacent to an activating group) is 1. The van der Waals surface area contributed by atoms with Crippen LogP contribution in [0.3, 0.4) is 0 Å². The molecule has 1 saturated carbocycles. The quantitative estimate of drug-likeness (QED) is 0.756. The van der Waals surface area contributed by atoms with E-state index in [1.54, 1.807) is 18.9 Å². The third kappa shape index (κ3) is 3.26. The minimum absolute atomic E-state index is 0.115. The van der Waals surface area contributed by atoms with Crippen molar-refractivity contribution in [3.8, 4) is 0 Å². The van der Waals surface area contributed by atoms with Gasteiger partial charge in [-0.15, -0.1) is 0 Å². The smallest absolute Gasteiger partial charge is 0.307 e. The van der Waals surface area contributed by atoms with E-state index in [0.717, 1.165) is 24.8 Å². The first-order chi connectivity index (χ1) is 10.1.